The lowest BCUT2D eigenvalue weighted by atomic mass is 9.86. The van der Waals surface area contributed by atoms with Gasteiger partial charge in [-0.1, -0.05) is 6.92 Å². The maximum absolute atomic E-state index is 12.2. The minimum Gasteiger partial charge on any atom is -0.493 e. The van der Waals surface area contributed by atoms with Crippen LogP contribution in [0.1, 0.15) is 25.8 Å². The van der Waals surface area contributed by atoms with E-state index < -0.39 is 5.41 Å². The zero-order valence-electron chi connectivity index (χ0n) is 11.0. The van der Waals surface area contributed by atoms with E-state index in [4.69, 9.17) is 10.5 Å². The second kappa shape index (κ2) is 4.98. The fourth-order valence-corrected chi connectivity index (χ4v) is 1.94. The molecule has 0 fully saturated rings. The number of carbonyl (C=O) groups excluding carboxylic acids is 1. The van der Waals surface area contributed by atoms with Crippen LogP contribution in [0.5, 0.6) is 5.75 Å². The number of fused-ring (bicyclic) bond motifs is 1. The number of hydrogen-bond acceptors (Lipinski definition) is 3. The Bertz CT molecular complexity index is 453. The van der Waals surface area contributed by atoms with Gasteiger partial charge in [-0.05, 0) is 37.1 Å². The van der Waals surface area contributed by atoms with Gasteiger partial charge in [0.15, 0.2) is 0 Å². The number of benzene rings is 1. The number of anilines is 1. The van der Waals surface area contributed by atoms with Gasteiger partial charge in [0.25, 0.3) is 0 Å². The van der Waals surface area contributed by atoms with Crippen molar-refractivity contribution in [1.82, 2.24) is 0 Å². The lowest BCUT2D eigenvalue weighted by Crippen LogP contribution is -2.39. The maximum Gasteiger partial charge on any atom is 0.231 e. The van der Waals surface area contributed by atoms with Crippen LogP contribution in [0.25, 0.3) is 0 Å². The van der Waals surface area contributed by atoms with E-state index in [2.05, 4.69) is 5.32 Å². The number of ether oxygens (including phenoxy) is 1. The molecule has 1 aromatic rings. The molecule has 4 nitrogen and oxygen atoms in total. The molecule has 0 spiro atoms. The second-order valence-corrected chi connectivity index (χ2v) is 4.99. The molecule has 0 radical (unpaired) electrons. The summed E-state index contributed by atoms with van der Waals surface area (Å²) in [6, 6.07) is 5.76. The molecule has 1 aromatic carbocycles. The van der Waals surface area contributed by atoms with Gasteiger partial charge in [-0.2, -0.15) is 0 Å². The number of nitrogens with two attached hydrogens (primary N) is 1. The smallest absolute Gasteiger partial charge is 0.231 e. The summed E-state index contributed by atoms with van der Waals surface area (Å²) < 4.78 is 5.44. The van der Waals surface area contributed by atoms with E-state index in [1.807, 2.05) is 32.0 Å². The van der Waals surface area contributed by atoms with Crippen molar-refractivity contribution in [2.45, 2.75) is 26.7 Å². The van der Waals surface area contributed by atoms with Crippen molar-refractivity contribution in [3.8, 4) is 5.75 Å². The highest BCUT2D eigenvalue weighted by atomic mass is 16.5. The van der Waals surface area contributed by atoms with E-state index in [1.165, 1.54) is 0 Å². The third-order valence-electron chi connectivity index (χ3n) is 3.73. The SMILES string of the molecule is CCC(C)(CN)C(=O)Nc1ccc2c(c1)CCO2. The lowest BCUT2D eigenvalue weighted by Gasteiger charge is -2.25. The molecule has 3 N–H and O–H groups in total. The topological polar surface area (TPSA) is 64.4 Å². The molecule has 1 amide bonds. The molecule has 0 aliphatic carbocycles. The Labute approximate surface area is 108 Å². The Morgan fingerprint density at radius 2 is 2.33 bits per heavy atom. The number of hydrogen-bond donors (Lipinski definition) is 2. The minimum absolute atomic E-state index is 0.0219. The van der Waals surface area contributed by atoms with Crippen molar-refractivity contribution in [2.75, 3.05) is 18.5 Å². The highest BCUT2D eigenvalue weighted by Gasteiger charge is 2.29. The standard InChI is InChI=1S/C14H20N2O2/c1-3-14(2,9-15)13(17)16-11-4-5-12-10(8-11)6-7-18-12/h4-5,8H,3,6-7,9,15H2,1-2H3,(H,16,17). The van der Waals surface area contributed by atoms with Crippen LogP contribution in [-0.2, 0) is 11.2 Å². The van der Waals surface area contributed by atoms with E-state index in [0.29, 0.717) is 6.54 Å². The average molecular weight is 248 g/mol. The van der Waals surface area contributed by atoms with Gasteiger partial charge < -0.3 is 15.8 Å². The molecule has 1 aliphatic rings. The largest absolute Gasteiger partial charge is 0.493 e. The Kier molecular flexibility index (Phi) is 3.57. The van der Waals surface area contributed by atoms with Crippen molar-refractivity contribution < 1.29 is 9.53 Å². The van der Waals surface area contributed by atoms with Crippen LogP contribution >= 0.6 is 0 Å². The molecule has 1 atom stereocenters. The zero-order valence-corrected chi connectivity index (χ0v) is 11.0. The summed E-state index contributed by atoms with van der Waals surface area (Å²) in [5, 5.41) is 2.94. The zero-order chi connectivity index (χ0) is 13.2. The average Bonchev–Trinajstić information content (AvgIpc) is 2.85. The van der Waals surface area contributed by atoms with E-state index in [0.717, 1.165) is 36.4 Å². The monoisotopic (exact) mass is 248 g/mol. The minimum atomic E-state index is -0.504. The van der Waals surface area contributed by atoms with Crippen LogP contribution in [0.4, 0.5) is 5.69 Å². The predicted octanol–water partition coefficient (Wildman–Crippen LogP) is 1.93. The van der Waals surface area contributed by atoms with Crippen LogP contribution in [0, 0.1) is 5.41 Å². The molecule has 0 saturated heterocycles. The first-order valence-electron chi connectivity index (χ1n) is 6.36. The lowest BCUT2D eigenvalue weighted by molar-refractivity contribution is -0.124. The van der Waals surface area contributed by atoms with Crippen molar-refractivity contribution in [2.24, 2.45) is 11.1 Å². The van der Waals surface area contributed by atoms with E-state index in [9.17, 15) is 4.79 Å². The van der Waals surface area contributed by atoms with Crippen LogP contribution in [-0.4, -0.2) is 19.1 Å². The van der Waals surface area contributed by atoms with Gasteiger partial charge in [0.05, 0.1) is 12.0 Å². The quantitative estimate of drug-likeness (QED) is 0.855. The van der Waals surface area contributed by atoms with E-state index in [-0.39, 0.29) is 5.91 Å². The summed E-state index contributed by atoms with van der Waals surface area (Å²) in [5.74, 6) is 0.899. The summed E-state index contributed by atoms with van der Waals surface area (Å²) in [5.41, 5.74) is 7.15. The van der Waals surface area contributed by atoms with Gasteiger partial charge in [0, 0.05) is 18.7 Å². The maximum atomic E-state index is 12.2. The van der Waals surface area contributed by atoms with Gasteiger partial charge in [0.2, 0.25) is 5.91 Å². The second-order valence-electron chi connectivity index (χ2n) is 4.99. The molecule has 18 heavy (non-hydrogen) atoms. The Balaban J connectivity index is 2.12. The third kappa shape index (κ3) is 2.34. The van der Waals surface area contributed by atoms with Gasteiger partial charge in [-0.15, -0.1) is 0 Å². The normalized spacial score (nSPS) is 16.6. The highest BCUT2D eigenvalue weighted by Crippen LogP contribution is 2.29. The summed E-state index contributed by atoms with van der Waals surface area (Å²) in [6.45, 7) is 4.94. The first-order valence-corrected chi connectivity index (χ1v) is 6.36. The Hall–Kier alpha value is -1.55. The van der Waals surface area contributed by atoms with Crippen molar-refractivity contribution >= 4 is 11.6 Å². The first kappa shape index (κ1) is 12.9. The molecule has 2 rings (SSSR count). The Morgan fingerprint density at radius 3 is 3.00 bits per heavy atom. The summed E-state index contributed by atoms with van der Waals surface area (Å²) >= 11 is 0. The molecule has 0 aromatic heterocycles. The molecular formula is C14H20N2O2. The first-order chi connectivity index (χ1) is 8.59. The molecule has 1 aliphatic heterocycles. The molecule has 98 valence electrons. The predicted molar refractivity (Wildman–Crippen MR) is 71.7 cm³/mol. The van der Waals surface area contributed by atoms with Crippen molar-refractivity contribution in [3.63, 3.8) is 0 Å². The third-order valence-corrected chi connectivity index (χ3v) is 3.73. The van der Waals surface area contributed by atoms with Crippen molar-refractivity contribution in [1.29, 1.82) is 0 Å². The molecule has 1 unspecified atom stereocenters. The fourth-order valence-electron chi connectivity index (χ4n) is 1.94. The summed E-state index contributed by atoms with van der Waals surface area (Å²) in [4.78, 5) is 12.2. The van der Waals surface area contributed by atoms with Gasteiger partial charge in [0.1, 0.15) is 5.75 Å². The number of amides is 1. The summed E-state index contributed by atoms with van der Waals surface area (Å²) in [7, 11) is 0. The Morgan fingerprint density at radius 1 is 1.56 bits per heavy atom. The van der Waals surface area contributed by atoms with Gasteiger partial charge in [-0.3, -0.25) is 4.79 Å². The van der Waals surface area contributed by atoms with E-state index in [1.54, 1.807) is 0 Å². The van der Waals surface area contributed by atoms with Crippen molar-refractivity contribution in [3.05, 3.63) is 23.8 Å². The number of rotatable bonds is 4. The van der Waals surface area contributed by atoms with Gasteiger partial charge in [-0.25, -0.2) is 0 Å². The molecule has 1 heterocycles. The molecule has 4 heteroatoms. The van der Waals surface area contributed by atoms with Gasteiger partial charge >= 0.3 is 0 Å². The molecule has 0 saturated carbocycles. The van der Waals surface area contributed by atoms with E-state index >= 15 is 0 Å². The fraction of sp³-hybridized carbons (Fsp3) is 0.500. The molecule has 0 bridgehead atoms. The van der Waals surface area contributed by atoms with Crippen LogP contribution in [0.2, 0.25) is 0 Å². The number of carbonyl (C=O) groups is 1. The highest BCUT2D eigenvalue weighted by molar-refractivity contribution is 5.95. The summed E-state index contributed by atoms with van der Waals surface area (Å²) in [6.07, 6.45) is 1.63. The van der Waals surface area contributed by atoms with Crippen LogP contribution in [0.15, 0.2) is 18.2 Å². The van der Waals surface area contributed by atoms with Crippen LogP contribution in [0.3, 0.4) is 0 Å². The van der Waals surface area contributed by atoms with Crippen LogP contribution < -0.4 is 15.8 Å². The number of nitrogens with one attached hydrogen (secondary N) is 1. The molecular weight excluding hydrogens is 228 g/mol.